The number of nitrogens with zero attached hydrogens (tertiary/aromatic N) is 1. The summed E-state index contributed by atoms with van der Waals surface area (Å²) in [7, 11) is 0. The molecule has 0 amide bonds. The number of oxazole rings is 1. The van der Waals surface area contributed by atoms with Crippen LogP contribution >= 0.6 is 0 Å². The lowest BCUT2D eigenvalue weighted by atomic mass is 9.69. The maximum absolute atomic E-state index is 11.7. The van der Waals surface area contributed by atoms with Gasteiger partial charge in [0.15, 0.2) is 0 Å². The van der Waals surface area contributed by atoms with Gasteiger partial charge in [0.1, 0.15) is 0 Å². The lowest BCUT2D eigenvalue weighted by Crippen LogP contribution is -2.26. The van der Waals surface area contributed by atoms with Crippen molar-refractivity contribution in [3.05, 3.63) is 11.6 Å². The van der Waals surface area contributed by atoms with Gasteiger partial charge in [0.2, 0.25) is 17.5 Å². The molecule has 0 saturated heterocycles. The summed E-state index contributed by atoms with van der Waals surface area (Å²) in [6.07, 6.45) is 4.54. The third-order valence-corrected chi connectivity index (χ3v) is 3.94. The number of nitrogens with two attached hydrogens (primary N) is 1. The molecule has 1 aromatic rings. The second-order valence-corrected chi connectivity index (χ2v) is 5.77. The molecule has 1 aliphatic rings. The Morgan fingerprint density at radius 1 is 1.53 bits per heavy atom. The van der Waals surface area contributed by atoms with E-state index in [1.807, 2.05) is 0 Å². The molecule has 0 spiro atoms. The monoisotopic (exact) mass is 266 g/mol. The first-order valence-corrected chi connectivity index (χ1v) is 6.89. The average molecular weight is 266 g/mol. The van der Waals surface area contributed by atoms with Gasteiger partial charge >= 0.3 is 5.97 Å². The standard InChI is InChI=1S/C14H22N2O3/c1-4-18-13(17)10-11(15)19-12(16-10)9-7-5-6-8-14(9,2)3/h9H,4-8,15H2,1-3H3. The third kappa shape index (κ3) is 2.74. The molecule has 0 radical (unpaired) electrons. The van der Waals surface area contributed by atoms with E-state index in [2.05, 4.69) is 18.8 Å². The van der Waals surface area contributed by atoms with E-state index in [4.69, 9.17) is 14.9 Å². The summed E-state index contributed by atoms with van der Waals surface area (Å²) in [5.74, 6) is 0.343. The molecule has 106 valence electrons. The molecule has 5 heteroatoms. The molecule has 2 rings (SSSR count). The summed E-state index contributed by atoms with van der Waals surface area (Å²) < 4.78 is 10.4. The van der Waals surface area contributed by atoms with Crippen LogP contribution in [0.15, 0.2) is 4.42 Å². The Bertz CT molecular complexity index is 465. The van der Waals surface area contributed by atoms with Crippen LogP contribution in [0.1, 0.15) is 68.8 Å². The minimum Gasteiger partial charge on any atom is -0.461 e. The molecular formula is C14H22N2O3. The highest BCUT2D eigenvalue weighted by Crippen LogP contribution is 2.46. The van der Waals surface area contributed by atoms with Crippen LogP contribution in [0.2, 0.25) is 0 Å². The average Bonchev–Trinajstić information content (AvgIpc) is 2.71. The first-order valence-electron chi connectivity index (χ1n) is 6.89. The van der Waals surface area contributed by atoms with Gasteiger partial charge in [-0.25, -0.2) is 9.78 Å². The molecule has 1 heterocycles. The van der Waals surface area contributed by atoms with E-state index in [0.717, 1.165) is 19.3 Å². The maximum atomic E-state index is 11.7. The highest BCUT2D eigenvalue weighted by Gasteiger charge is 2.37. The SMILES string of the molecule is CCOC(=O)c1nc(C2CCCCC2(C)C)oc1N. The van der Waals surface area contributed by atoms with Crippen molar-refractivity contribution in [3.63, 3.8) is 0 Å². The van der Waals surface area contributed by atoms with Gasteiger partial charge in [0, 0.05) is 5.92 Å². The maximum Gasteiger partial charge on any atom is 0.362 e. The number of carbonyl (C=O) groups excluding carboxylic acids is 1. The van der Waals surface area contributed by atoms with Gasteiger partial charge in [-0.15, -0.1) is 0 Å². The van der Waals surface area contributed by atoms with Crippen molar-refractivity contribution in [1.82, 2.24) is 4.98 Å². The Morgan fingerprint density at radius 3 is 2.89 bits per heavy atom. The fourth-order valence-corrected chi connectivity index (χ4v) is 2.80. The summed E-state index contributed by atoms with van der Waals surface area (Å²) >= 11 is 0. The highest BCUT2D eigenvalue weighted by molar-refractivity contribution is 5.91. The molecule has 2 N–H and O–H groups in total. The van der Waals surface area contributed by atoms with E-state index in [1.165, 1.54) is 6.42 Å². The number of aromatic nitrogens is 1. The molecule has 1 aromatic heterocycles. The lowest BCUT2D eigenvalue weighted by molar-refractivity contribution is 0.0520. The van der Waals surface area contributed by atoms with Crippen LogP contribution in [0.4, 0.5) is 5.88 Å². The minimum atomic E-state index is -0.511. The van der Waals surface area contributed by atoms with Crippen LogP contribution in [0.3, 0.4) is 0 Å². The Labute approximate surface area is 113 Å². The van der Waals surface area contributed by atoms with E-state index in [9.17, 15) is 4.79 Å². The Kier molecular flexibility index (Phi) is 3.83. The first-order chi connectivity index (χ1) is 8.95. The molecule has 1 aliphatic carbocycles. The topological polar surface area (TPSA) is 78.3 Å². The van der Waals surface area contributed by atoms with Gasteiger partial charge in [0.05, 0.1) is 6.61 Å². The first kappa shape index (κ1) is 13.9. The van der Waals surface area contributed by atoms with Gasteiger partial charge in [-0.1, -0.05) is 26.7 Å². The van der Waals surface area contributed by atoms with Gasteiger partial charge < -0.3 is 14.9 Å². The zero-order chi connectivity index (χ0) is 14.0. The zero-order valence-corrected chi connectivity index (χ0v) is 11.9. The second-order valence-electron chi connectivity index (χ2n) is 5.77. The lowest BCUT2D eigenvalue weighted by Gasteiger charge is -2.36. The molecule has 0 aromatic carbocycles. The third-order valence-electron chi connectivity index (χ3n) is 3.94. The fourth-order valence-electron chi connectivity index (χ4n) is 2.80. The summed E-state index contributed by atoms with van der Waals surface area (Å²) in [4.78, 5) is 16.0. The van der Waals surface area contributed by atoms with Gasteiger partial charge in [-0.05, 0) is 25.2 Å². The largest absolute Gasteiger partial charge is 0.461 e. The normalized spacial score (nSPS) is 22.2. The summed E-state index contributed by atoms with van der Waals surface area (Å²) in [6.45, 7) is 6.47. The number of hydrogen-bond donors (Lipinski definition) is 1. The van der Waals surface area contributed by atoms with Crippen molar-refractivity contribution in [2.45, 2.75) is 52.4 Å². The Balaban J connectivity index is 2.26. The van der Waals surface area contributed by atoms with E-state index in [0.29, 0.717) is 12.5 Å². The Hall–Kier alpha value is -1.52. The summed E-state index contributed by atoms with van der Waals surface area (Å²) in [6, 6.07) is 0. The fraction of sp³-hybridized carbons (Fsp3) is 0.714. The predicted octanol–water partition coefficient (Wildman–Crippen LogP) is 3.12. The molecule has 1 fully saturated rings. The number of nitrogen functional groups attached to an aromatic ring is 1. The van der Waals surface area contributed by atoms with Gasteiger partial charge in [-0.3, -0.25) is 0 Å². The number of esters is 1. The molecule has 1 unspecified atom stereocenters. The van der Waals surface area contributed by atoms with Crippen LogP contribution < -0.4 is 5.73 Å². The molecule has 5 nitrogen and oxygen atoms in total. The van der Waals surface area contributed by atoms with Crippen LogP contribution in [0.5, 0.6) is 0 Å². The molecule has 1 atom stereocenters. The van der Waals surface area contributed by atoms with Crippen molar-refractivity contribution in [3.8, 4) is 0 Å². The number of rotatable bonds is 3. The molecule has 19 heavy (non-hydrogen) atoms. The van der Waals surface area contributed by atoms with E-state index >= 15 is 0 Å². The van der Waals surface area contributed by atoms with Crippen LogP contribution in [-0.4, -0.2) is 17.6 Å². The number of anilines is 1. The highest BCUT2D eigenvalue weighted by atomic mass is 16.5. The van der Waals surface area contributed by atoms with Gasteiger partial charge in [0.25, 0.3) is 0 Å². The quantitative estimate of drug-likeness (QED) is 0.850. The van der Waals surface area contributed by atoms with Crippen LogP contribution in [0, 0.1) is 5.41 Å². The van der Waals surface area contributed by atoms with Crippen molar-refractivity contribution < 1.29 is 13.9 Å². The Morgan fingerprint density at radius 2 is 2.26 bits per heavy atom. The van der Waals surface area contributed by atoms with E-state index in [1.54, 1.807) is 6.92 Å². The smallest absolute Gasteiger partial charge is 0.362 e. The second kappa shape index (κ2) is 5.23. The van der Waals surface area contributed by atoms with Crippen LogP contribution in [-0.2, 0) is 4.74 Å². The van der Waals surface area contributed by atoms with Gasteiger partial charge in [-0.2, -0.15) is 0 Å². The zero-order valence-electron chi connectivity index (χ0n) is 11.9. The molecule has 1 saturated carbocycles. The minimum absolute atomic E-state index is 0.0647. The van der Waals surface area contributed by atoms with Crippen molar-refractivity contribution in [1.29, 1.82) is 0 Å². The number of carbonyl (C=O) groups is 1. The molecule has 0 bridgehead atoms. The van der Waals surface area contributed by atoms with Crippen molar-refractivity contribution in [2.75, 3.05) is 12.3 Å². The molecular weight excluding hydrogens is 244 g/mol. The predicted molar refractivity (Wildman–Crippen MR) is 71.9 cm³/mol. The van der Waals surface area contributed by atoms with Crippen molar-refractivity contribution in [2.24, 2.45) is 5.41 Å². The van der Waals surface area contributed by atoms with E-state index < -0.39 is 5.97 Å². The number of ether oxygens (including phenoxy) is 1. The summed E-state index contributed by atoms with van der Waals surface area (Å²) in [5.41, 5.74) is 5.97. The molecule has 0 aliphatic heterocycles. The summed E-state index contributed by atoms with van der Waals surface area (Å²) in [5, 5.41) is 0. The van der Waals surface area contributed by atoms with Crippen molar-refractivity contribution >= 4 is 11.9 Å². The van der Waals surface area contributed by atoms with E-state index in [-0.39, 0.29) is 22.9 Å². The van der Waals surface area contributed by atoms with Crippen LogP contribution in [0.25, 0.3) is 0 Å². The number of hydrogen-bond acceptors (Lipinski definition) is 5.